The molecule has 1 aromatic rings. The molecule has 7 nitrogen and oxygen atoms in total. The Morgan fingerprint density at radius 2 is 2.13 bits per heavy atom. The summed E-state index contributed by atoms with van der Waals surface area (Å²) < 4.78 is 1.56. The van der Waals surface area contributed by atoms with Crippen LogP contribution in [0.25, 0.3) is 0 Å². The van der Waals surface area contributed by atoms with E-state index in [1.165, 1.54) is 19.8 Å². The van der Waals surface area contributed by atoms with Crippen LogP contribution in [0.3, 0.4) is 0 Å². The molecule has 0 unspecified atom stereocenters. The molecule has 2 aliphatic rings. The SMILES string of the molecule is CC(=O)Nc1cc(N2CCCC2)ccc1N=C1C=N[N+](C)=C1N. The number of hydrogen-bond donors (Lipinski definition) is 2. The number of carbonyl (C=O) groups is 1. The second-order valence-corrected chi connectivity index (χ2v) is 5.73. The molecule has 2 heterocycles. The summed E-state index contributed by atoms with van der Waals surface area (Å²) in [5.74, 6) is 0.363. The van der Waals surface area contributed by atoms with Gasteiger partial charge in [-0.3, -0.25) is 10.5 Å². The van der Waals surface area contributed by atoms with E-state index in [0.29, 0.717) is 22.9 Å². The van der Waals surface area contributed by atoms with Crippen LogP contribution in [0.4, 0.5) is 17.1 Å². The lowest BCUT2D eigenvalue weighted by Gasteiger charge is -2.19. The number of benzene rings is 1. The minimum atomic E-state index is -0.126. The maximum Gasteiger partial charge on any atom is 0.320 e. The number of nitrogens with two attached hydrogens (primary N) is 1. The van der Waals surface area contributed by atoms with E-state index < -0.39 is 0 Å². The Kier molecular flexibility index (Phi) is 4.10. The number of amidine groups is 1. The summed E-state index contributed by atoms with van der Waals surface area (Å²) in [5, 5.41) is 6.94. The Bertz CT molecular complexity index is 728. The van der Waals surface area contributed by atoms with Gasteiger partial charge in [0.15, 0.2) is 5.71 Å². The first-order valence-electron chi connectivity index (χ1n) is 7.70. The predicted octanol–water partition coefficient (Wildman–Crippen LogP) is 1.32. The smallest absolute Gasteiger partial charge is 0.320 e. The first-order valence-corrected chi connectivity index (χ1v) is 7.70. The quantitative estimate of drug-likeness (QED) is 0.825. The fourth-order valence-corrected chi connectivity index (χ4v) is 2.73. The lowest BCUT2D eigenvalue weighted by molar-refractivity contribution is -0.498. The molecule has 7 heteroatoms. The Labute approximate surface area is 135 Å². The van der Waals surface area contributed by atoms with Crippen molar-refractivity contribution in [2.45, 2.75) is 19.8 Å². The number of hydrogen-bond acceptors (Lipinski definition) is 5. The van der Waals surface area contributed by atoms with Crippen LogP contribution >= 0.6 is 0 Å². The molecular weight excluding hydrogens is 292 g/mol. The summed E-state index contributed by atoms with van der Waals surface area (Å²) in [6.07, 6.45) is 4.02. The number of nitrogens with one attached hydrogen (secondary N) is 1. The lowest BCUT2D eigenvalue weighted by Crippen LogP contribution is -2.27. The minimum absolute atomic E-state index is 0.126. The zero-order valence-electron chi connectivity index (χ0n) is 13.4. The van der Waals surface area contributed by atoms with E-state index in [-0.39, 0.29) is 5.91 Å². The second-order valence-electron chi connectivity index (χ2n) is 5.73. The van der Waals surface area contributed by atoms with Crippen molar-refractivity contribution in [3.05, 3.63) is 18.2 Å². The van der Waals surface area contributed by atoms with E-state index in [4.69, 9.17) is 5.73 Å². The predicted molar refractivity (Wildman–Crippen MR) is 93.2 cm³/mol. The van der Waals surface area contributed by atoms with E-state index in [2.05, 4.69) is 20.3 Å². The first-order chi connectivity index (χ1) is 11.0. The van der Waals surface area contributed by atoms with Gasteiger partial charge in [-0.25, -0.2) is 4.99 Å². The zero-order valence-corrected chi connectivity index (χ0v) is 13.4. The van der Waals surface area contributed by atoms with Crippen molar-refractivity contribution in [3.63, 3.8) is 0 Å². The Morgan fingerprint density at radius 3 is 2.74 bits per heavy atom. The molecule has 1 saturated heterocycles. The van der Waals surface area contributed by atoms with Gasteiger partial charge in [-0.1, -0.05) is 5.10 Å². The van der Waals surface area contributed by atoms with Crippen LogP contribution in [0.2, 0.25) is 0 Å². The highest BCUT2D eigenvalue weighted by Crippen LogP contribution is 2.32. The fraction of sp³-hybridized carbons (Fsp3) is 0.375. The maximum absolute atomic E-state index is 11.5. The largest absolute Gasteiger partial charge is 0.371 e. The van der Waals surface area contributed by atoms with Crippen molar-refractivity contribution in [2.75, 3.05) is 30.4 Å². The number of aliphatic imine (C=N–C) groups is 1. The number of nitrogens with zero attached hydrogens (tertiary/aromatic N) is 4. The van der Waals surface area contributed by atoms with Gasteiger partial charge < -0.3 is 10.2 Å². The van der Waals surface area contributed by atoms with Gasteiger partial charge in [0.2, 0.25) is 5.91 Å². The normalized spacial score (nSPS) is 19.0. The molecule has 1 amide bonds. The van der Waals surface area contributed by atoms with Crippen molar-refractivity contribution < 1.29 is 9.48 Å². The fourth-order valence-electron chi connectivity index (χ4n) is 2.73. The van der Waals surface area contributed by atoms with Gasteiger partial charge in [0.25, 0.3) is 0 Å². The number of amides is 1. The Balaban J connectivity index is 1.97. The molecule has 0 bridgehead atoms. The third kappa shape index (κ3) is 3.23. The molecule has 23 heavy (non-hydrogen) atoms. The standard InChI is InChI=1S/C16H20N6O/c1-11(23)19-14-9-12(22-7-3-4-8-22)5-6-13(14)20-15-10-18-21(2)16(15)17/h5-6,9-10H,3-4,7-8H2,1-2H3,(H2,17,18,19,23)/p+1. The molecule has 3 rings (SSSR count). The number of anilines is 2. The van der Waals surface area contributed by atoms with E-state index in [9.17, 15) is 4.79 Å². The lowest BCUT2D eigenvalue weighted by atomic mass is 10.2. The van der Waals surface area contributed by atoms with E-state index >= 15 is 0 Å². The van der Waals surface area contributed by atoms with Crippen LogP contribution in [0.15, 0.2) is 28.3 Å². The molecular formula is C16H21N6O+. The highest BCUT2D eigenvalue weighted by Gasteiger charge is 2.20. The molecule has 120 valence electrons. The monoisotopic (exact) mass is 313 g/mol. The summed E-state index contributed by atoms with van der Waals surface area (Å²) in [4.78, 5) is 18.4. The second kappa shape index (κ2) is 6.20. The summed E-state index contributed by atoms with van der Waals surface area (Å²) in [6.45, 7) is 3.59. The number of rotatable bonds is 3. The first kappa shape index (κ1) is 15.2. The van der Waals surface area contributed by atoms with Gasteiger partial charge in [-0.2, -0.15) is 0 Å². The van der Waals surface area contributed by atoms with Crippen molar-refractivity contribution in [1.82, 2.24) is 0 Å². The van der Waals surface area contributed by atoms with E-state index in [1.54, 1.807) is 17.9 Å². The van der Waals surface area contributed by atoms with Gasteiger partial charge >= 0.3 is 5.84 Å². The van der Waals surface area contributed by atoms with Crippen LogP contribution in [0.5, 0.6) is 0 Å². The van der Waals surface area contributed by atoms with Gasteiger partial charge in [0.05, 0.1) is 11.4 Å². The van der Waals surface area contributed by atoms with E-state index in [1.807, 2.05) is 18.2 Å². The third-order valence-electron chi connectivity index (χ3n) is 3.97. The summed E-state index contributed by atoms with van der Waals surface area (Å²) in [6, 6.07) is 5.91. The Hall–Kier alpha value is -2.70. The molecule has 0 spiro atoms. The maximum atomic E-state index is 11.5. The van der Waals surface area contributed by atoms with Crippen LogP contribution < -0.4 is 16.0 Å². The average molecular weight is 313 g/mol. The van der Waals surface area contributed by atoms with Crippen LogP contribution in [-0.2, 0) is 4.79 Å². The Morgan fingerprint density at radius 1 is 1.39 bits per heavy atom. The molecule has 1 aromatic carbocycles. The summed E-state index contributed by atoms with van der Waals surface area (Å²) in [7, 11) is 1.76. The molecule has 3 N–H and O–H groups in total. The van der Waals surface area contributed by atoms with Crippen molar-refractivity contribution in [1.29, 1.82) is 0 Å². The molecule has 0 atom stereocenters. The van der Waals surface area contributed by atoms with Crippen LogP contribution in [0, 0.1) is 0 Å². The van der Waals surface area contributed by atoms with E-state index in [0.717, 1.165) is 18.8 Å². The molecule has 0 radical (unpaired) electrons. The van der Waals surface area contributed by atoms with Gasteiger partial charge in [0, 0.05) is 25.7 Å². The highest BCUT2D eigenvalue weighted by atomic mass is 16.1. The summed E-state index contributed by atoms with van der Waals surface area (Å²) in [5.41, 5.74) is 8.99. The highest BCUT2D eigenvalue weighted by molar-refractivity contribution is 6.62. The molecule has 0 aliphatic carbocycles. The average Bonchev–Trinajstić information content (AvgIpc) is 3.14. The molecule has 0 saturated carbocycles. The third-order valence-corrected chi connectivity index (χ3v) is 3.97. The molecule has 2 aliphatic heterocycles. The number of hydrazone groups is 1. The summed E-state index contributed by atoms with van der Waals surface area (Å²) >= 11 is 0. The molecule has 1 fully saturated rings. The van der Waals surface area contributed by atoms with Crippen LogP contribution in [0.1, 0.15) is 19.8 Å². The molecule has 0 aromatic heterocycles. The van der Waals surface area contributed by atoms with Gasteiger partial charge in [-0.05, 0) is 31.0 Å². The minimum Gasteiger partial charge on any atom is -0.371 e. The number of carbonyl (C=O) groups excluding carboxylic acids is 1. The van der Waals surface area contributed by atoms with Crippen molar-refractivity contribution >= 4 is 40.7 Å². The zero-order chi connectivity index (χ0) is 16.4. The van der Waals surface area contributed by atoms with Crippen LogP contribution in [-0.4, -0.2) is 48.5 Å². The van der Waals surface area contributed by atoms with Crippen molar-refractivity contribution in [3.8, 4) is 0 Å². The van der Waals surface area contributed by atoms with Crippen molar-refractivity contribution in [2.24, 2.45) is 15.8 Å². The topological polar surface area (TPSA) is 86.1 Å². The van der Waals surface area contributed by atoms with Gasteiger partial charge in [-0.15, -0.1) is 4.68 Å². The van der Waals surface area contributed by atoms with Gasteiger partial charge in [0.1, 0.15) is 13.3 Å².